The Bertz CT molecular complexity index is 721. The topological polar surface area (TPSA) is 71.1 Å². The highest BCUT2D eigenvalue weighted by atomic mass is 16.5. The SMILES string of the molecule is CC(C)COc1ccc(C2CN(C(=O)N3CC[C@@H]4OCC(=O)N[C@@H]4C3)C2)cc1.[HH]. The van der Waals surface area contributed by atoms with E-state index in [9.17, 15) is 9.59 Å². The lowest BCUT2D eigenvalue weighted by molar-refractivity contribution is -0.139. The van der Waals surface area contributed by atoms with Gasteiger partial charge < -0.3 is 24.6 Å². The van der Waals surface area contributed by atoms with Gasteiger partial charge in [0.25, 0.3) is 0 Å². The summed E-state index contributed by atoms with van der Waals surface area (Å²) in [5, 5.41) is 2.95. The predicted molar refractivity (Wildman–Crippen MR) is 106 cm³/mol. The Morgan fingerprint density at radius 3 is 2.71 bits per heavy atom. The van der Waals surface area contributed by atoms with Crippen molar-refractivity contribution in [3.63, 3.8) is 0 Å². The molecule has 0 bridgehead atoms. The number of piperidine rings is 1. The van der Waals surface area contributed by atoms with Crippen molar-refractivity contribution in [3.05, 3.63) is 29.8 Å². The molecule has 1 aromatic rings. The Hall–Kier alpha value is -2.28. The van der Waals surface area contributed by atoms with Crippen LogP contribution in [0.15, 0.2) is 24.3 Å². The number of amides is 3. The molecule has 3 heterocycles. The maximum Gasteiger partial charge on any atom is 0.320 e. The van der Waals surface area contributed by atoms with Crippen molar-refractivity contribution in [2.24, 2.45) is 5.92 Å². The zero-order valence-electron chi connectivity index (χ0n) is 16.6. The third-order valence-corrected chi connectivity index (χ3v) is 5.68. The van der Waals surface area contributed by atoms with Gasteiger partial charge in [0.1, 0.15) is 12.4 Å². The van der Waals surface area contributed by atoms with Crippen molar-refractivity contribution in [2.45, 2.75) is 38.3 Å². The maximum atomic E-state index is 12.8. The van der Waals surface area contributed by atoms with Crippen LogP contribution >= 0.6 is 0 Å². The van der Waals surface area contributed by atoms with E-state index in [1.165, 1.54) is 5.56 Å². The van der Waals surface area contributed by atoms with E-state index in [4.69, 9.17) is 9.47 Å². The first-order valence-corrected chi connectivity index (χ1v) is 10.2. The first-order valence-electron chi connectivity index (χ1n) is 10.2. The van der Waals surface area contributed by atoms with Crippen LogP contribution in [0.2, 0.25) is 0 Å². The Morgan fingerprint density at radius 1 is 1.25 bits per heavy atom. The average Bonchev–Trinajstić information content (AvgIpc) is 2.65. The predicted octanol–water partition coefficient (Wildman–Crippen LogP) is 2.08. The minimum Gasteiger partial charge on any atom is -0.493 e. The van der Waals surface area contributed by atoms with E-state index in [1.54, 1.807) is 0 Å². The first-order chi connectivity index (χ1) is 13.5. The highest BCUT2D eigenvalue weighted by molar-refractivity contribution is 5.79. The van der Waals surface area contributed by atoms with Crippen LogP contribution in [0.5, 0.6) is 5.75 Å². The smallest absolute Gasteiger partial charge is 0.320 e. The first kappa shape index (κ1) is 19.1. The van der Waals surface area contributed by atoms with Crippen LogP contribution in [0, 0.1) is 5.92 Å². The zero-order chi connectivity index (χ0) is 19.7. The number of hydrogen-bond acceptors (Lipinski definition) is 4. The molecule has 1 N–H and O–H groups in total. The number of rotatable bonds is 4. The summed E-state index contributed by atoms with van der Waals surface area (Å²) in [5.41, 5.74) is 1.24. The van der Waals surface area contributed by atoms with Gasteiger partial charge in [-0.1, -0.05) is 26.0 Å². The molecule has 0 saturated carbocycles. The Morgan fingerprint density at radius 2 is 2.00 bits per heavy atom. The standard InChI is InChI=1S/C21H29N3O4.H2/c1-14(2)12-27-17-5-3-15(4-6-17)16-9-24(10-16)21(26)23-8-7-19-18(11-23)22-20(25)13-28-19;/h3-6,14,16,18-19H,7-13H2,1-2H3,(H,22,25);1H/t18-,19+;/m1./s1. The van der Waals surface area contributed by atoms with Gasteiger partial charge in [0.05, 0.1) is 18.8 Å². The summed E-state index contributed by atoms with van der Waals surface area (Å²) in [4.78, 5) is 28.1. The van der Waals surface area contributed by atoms with Crippen LogP contribution in [-0.4, -0.2) is 73.3 Å². The van der Waals surface area contributed by atoms with E-state index in [1.807, 2.05) is 21.9 Å². The third-order valence-electron chi connectivity index (χ3n) is 5.68. The van der Waals surface area contributed by atoms with E-state index in [0.29, 0.717) is 31.5 Å². The van der Waals surface area contributed by atoms with Crippen LogP contribution in [0.4, 0.5) is 4.79 Å². The molecular weight excluding hydrogens is 358 g/mol. The van der Waals surface area contributed by atoms with Crippen molar-refractivity contribution < 1.29 is 20.5 Å². The Kier molecular flexibility index (Phi) is 5.44. The molecule has 3 aliphatic heterocycles. The second-order valence-corrected chi connectivity index (χ2v) is 8.42. The second-order valence-electron chi connectivity index (χ2n) is 8.42. The van der Waals surface area contributed by atoms with E-state index < -0.39 is 0 Å². The van der Waals surface area contributed by atoms with Gasteiger partial charge in [-0.3, -0.25) is 4.79 Å². The van der Waals surface area contributed by atoms with Crippen LogP contribution in [0.25, 0.3) is 0 Å². The van der Waals surface area contributed by atoms with Crippen molar-refractivity contribution in [3.8, 4) is 5.75 Å². The summed E-state index contributed by atoms with van der Waals surface area (Å²) in [6.07, 6.45) is 0.800. The van der Waals surface area contributed by atoms with Crippen molar-refractivity contribution in [2.75, 3.05) is 39.4 Å². The monoisotopic (exact) mass is 389 g/mol. The number of carbonyl (C=O) groups is 2. The number of benzene rings is 1. The summed E-state index contributed by atoms with van der Waals surface area (Å²) in [6.45, 7) is 7.78. The minimum atomic E-state index is -0.0969. The second kappa shape index (κ2) is 7.99. The summed E-state index contributed by atoms with van der Waals surface area (Å²) in [6, 6.07) is 8.20. The quantitative estimate of drug-likeness (QED) is 0.856. The Balaban J connectivity index is 0.00000240. The molecule has 3 aliphatic rings. The molecule has 3 fully saturated rings. The van der Waals surface area contributed by atoms with E-state index in [-0.39, 0.29) is 32.1 Å². The fourth-order valence-corrected chi connectivity index (χ4v) is 4.02. The molecule has 0 aliphatic carbocycles. The lowest BCUT2D eigenvalue weighted by Gasteiger charge is -2.46. The fourth-order valence-electron chi connectivity index (χ4n) is 4.02. The van der Waals surface area contributed by atoms with Gasteiger partial charge in [0.15, 0.2) is 0 Å². The fraction of sp³-hybridized carbons (Fsp3) is 0.619. The van der Waals surface area contributed by atoms with Crippen molar-refractivity contribution in [1.29, 1.82) is 0 Å². The highest BCUT2D eigenvalue weighted by Gasteiger charge is 2.40. The summed E-state index contributed by atoms with van der Waals surface area (Å²) >= 11 is 0. The molecule has 7 nitrogen and oxygen atoms in total. The molecule has 0 spiro atoms. The van der Waals surface area contributed by atoms with Crippen LogP contribution in [0.1, 0.15) is 33.2 Å². The maximum absolute atomic E-state index is 12.8. The lowest BCUT2D eigenvalue weighted by atomic mass is 9.91. The normalized spacial score (nSPS) is 25.2. The van der Waals surface area contributed by atoms with Gasteiger partial charge in [-0.05, 0) is 30.0 Å². The Labute approximate surface area is 167 Å². The highest BCUT2D eigenvalue weighted by Crippen LogP contribution is 2.30. The van der Waals surface area contributed by atoms with Gasteiger partial charge >= 0.3 is 6.03 Å². The number of fused-ring (bicyclic) bond motifs is 1. The van der Waals surface area contributed by atoms with E-state index in [0.717, 1.165) is 25.3 Å². The summed E-state index contributed by atoms with van der Waals surface area (Å²) < 4.78 is 11.3. The molecule has 1 aromatic carbocycles. The zero-order valence-corrected chi connectivity index (χ0v) is 16.6. The number of urea groups is 1. The van der Waals surface area contributed by atoms with Crippen LogP contribution in [0.3, 0.4) is 0 Å². The van der Waals surface area contributed by atoms with Crippen molar-refractivity contribution in [1.82, 2.24) is 15.1 Å². The summed E-state index contributed by atoms with van der Waals surface area (Å²) in [5.74, 6) is 1.67. The van der Waals surface area contributed by atoms with Gasteiger partial charge in [-0.25, -0.2) is 4.79 Å². The summed E-state index contributed by atoms with van der Waals surface area (Å²) in [7, 11) is 0. The molecule has 3 amide bonds. The average molecular weight is 389 g/mol. The largest absolute Gasteiger partial charge is 0.493 e. The lowest BCUT2D eigenvalue weighted by Crippen LogP contribution is -2.63. The molecule has 4 rings (SSSR count). The molecule has 0 unspecified atom stereocenters. The number of nitrogens with one attached hydrogen (secondary N) is 1. The number of nitrogens with zero attached hydrogens (tertiary/aromatic N) is 2. The molecule has 2 atom stereocenters. The number of morpholine rings is 1. The van der Waals surface area contributed by atoms with E-state index >= 15 is 0 Å². The van der Waals surface area contributed by atoms with Gasteiger partial charge in [-0.2, -0.15) is 0 Å². The number of ether oxygens (including phenoxy) is 2. The van der Waals surface area contributed by atoms with Crippen molar-refractivity contribution >= 4 is 11.9 Å². The van der Waals surface area contributed by atoms with Gasteiger partial charge in [0, 0.05) is 33.5 Å². The number of likely N-dealkylation sites (tertiary alicyclic amines) is 2. The minimum absolute atomic E-state index is 0. The molecular formula is C21H31N3O4. The van der Waals surface area contributed by atoms with Crippen LogP contribution in [-0.2, 0) is 9.53 Å². The van der Waals surface area contributed by atoms with E-state index in [2.05, 4.69) is 31.3 Å². The van der Waals surface area contributed by atoms with Gasteiger partial charge in [0.2, 0.25) is 5.91 Å². The molecule has 3 saturated heterocycles. The molecule has 28 heavy (non-hydrogen) atoms. The van der Waals surface area contributed by atoms with Crippen LogP contribution < -0.4 is 10.1 Å². The molecule has 154 valence electrons. The number of carbonyl (C=O) groups excluding carboxylic acids is 2. The molecule has 0 radical (unpaired) electrons. The number of hydrogen-bond donors (Lipinski definition) is 1. The molecule has 7 heteroatoms. The third kappa shape index (κ3) is 4.09. The van der Waals surface area contributed by atoms with Gasteiger partial charge in [-0.15, -0.1) is 0 Å². The molecule has 0 aromatic heterocycles.